The smallest absolute Gasteiger partial charge is 0.242 e. The van der Waals surface area contributed by atoms with Crippen LogP contribution in [0.2, 0.25) is 0 Å². The van der Waals surface area contributed by atoms with E-state index in [1.54, 1.807) is 37.8 Å². The third-order valence-electron chi connectivity index (χ3n) is 3.57. The van der Waals surface area contributed by atoms with E-state index in [9.17, 15) is 14.0 Å². The van der Waals surface area contributed by atoms with E-state index in [0.717, 1.165) is 5.56 Å². The van der Waals surface area contributed by atoms with Gasteiger partial charge in [-0.25, -0.2) is 4.39 Å². The molecule has 0 radical (unpaired) electrons. The van der Waals surface area contributed by atoms with Crippen molar-refractivity contribution >= 4 is 11.8 Å². The van der Waals surface area contributed by atoms with Crippen molar-refractivity contribution in [3.8, 4) is 0 Å². The molecule has 0 aliphatic carbocycles. The second kappa shape index (κ2) is 8.65. The second-order valence-corrected chi connectivity index (χ2v) is 6.56. The molecule has 128 valence electrons. The monoisotopic (exact) mass is 322 g/mol. The van der Waals surface area contributed by atoms with Gasteiger partial charge in [-0.05, 0) is 30.5 Å². The van der Waals surface area contributed by atoms with Crippen molar-refractivity contribution in [2.75, 3.05) is 6.54 Å². The van der Waals surface area contributed by atoms with E-state index in [-0.39, 0.29) is 30.1 Å². The zero-order valence-electron chi connectivity index (χ0n) is 14.6. The minimum Gasteiger partial charge on any atom is -0.354 e. The van der Waals surface area contributed by atoms with Crippen LogP contribution in [0.25, 0.3) is 0 Å². The largest absolute Gasteiger partial charge is 0.354 e. The summed E-state index contributed by atoms with van der Waals surface area (Å²) in [6.45, 7) is 10.2. The number of hydrogen-bond donors (Lipinski definition) is 1. The number of nitrogens with zero attached hydrogens (tertiary/aromatic N) is 1. The summed E-state index contributed by atoms with van der Waals surface area (Å²) in [6, 6.07) is 5.41. The molecule has 4 nitrogen and oxygen atoms in total. The molecule has 0 spiro atoms. The Morgan fingerprint density at radius 3 is 2.13 bits per heavy atom. The molecule has 0 bridgehead atoms. The van der Waals surface area contributed by atoms with Gasteiger partial charge in [-0.1, -0.05) is 39.8 Å². The van der Waals surface area contributed by atoms with Crippen LogP contribution in [0.3, 0.4) is 0 Å². The molecule has 0 saturated heterocycles. The highest BCUT2D eigenvalue weighted by Crippen LogP contribution is 2.14. The van der Waals surface area contributed by atoms with Crippen LogP contribution in [-0.4, -0.2) is 29.3 Å². The summed E-state index contributed by atoms with van der Waals surface area (Å²) in [7, 11) is 0. The molecule has 0 aromatic heterocycles. The molecule has 0 heterocycles. The van der Waals surface area contributed by atoms with Crippen molar-refractivity contribution in [2.45, 2.75) is 47.2 Å². The molecule has 5 heteroatoms. The molecular formula is C18H27FN2O2. The van der Waals surface area contributed by atoms with Gasteiger partial charge in [-0.3, -0.25) is 9.59 Å². The average Bonchev–Trinajstić information content (AvgIpc) is 2.50. The van der Waals surface area contributed by atoms with Crippen LogP contribution in [-0.2, 0) is 16.1 Å². The summed E-state index contributed by atoms with van der Waals surface area (Å²) in [6.07, 6.45) is 0. The Morgan fingerprint density at radius 1 is 1.09 bits per heavy atom. The zero-order valence-corrected chi connectivity index (χ0v) is 14.6. The van der Waals surface area contributed by atoms with Gasteiger partial charge in [0.15, 0.2) is 0 Å². The van der Waals surface area contributed by atoms with Crippen molar-refractivity contribution < 1.29 is 14.0 Å². The normalized spacial score (nSPS) is 12.3. The number of amides is 2. The van der Waals surface area contributed by atoms with E-state index in [2.05, 4.69) is 5.32 Å². The van der Waals surface area contributed by atoms with E-state index in [4.69, 9.17) is 0 Å². The van der Waals surface area contributed by atoms with Crippen LogP contribution >= 0.6 is 0 Å². The molecule has 1 aromatic rings. The minimum atomic E-state index is -0.575. The fraction of sp³-hybridized carbons (Fsp3) is 0.556. The van der Waals surface area contributed by atoms with Gasteiger partial charge in [-0.15, -0.1) is 0 Å². The van der Waals surface area contributed by atoms with Gasteiger partial charge in [0.25, 0.3) is 0 Å². The van der Waals surface area contributed by atoms with Crippen molar-refractivity contribution in [3.05, 3.63) is 35.6 Å². The summed E-state index contributed by atoms with van der Waals surface area (Å²) < 4.78 is 13.0. The minimum absolute atomic E-state index is 0.0958. The fourth-order valence-electron chi connectivity index (χ4n) is 2.12. The van der Waals surface area contributed by atoms with Crippen molar-refractivity contribution in [1.82, 2.24) is 10.2 Å². The number of carbonyl (C=O) groups excluding carboxylic acids is 2. The highest BCUT2D eigenvalue weighted by Gasteiger charge is 2.27. The van der Waals surface area contributed by atoms with E-state index < -0.39 is 6.04 Å². The molecule has 1 rings (SSSR count). The molecule has 1 atom stereocenters. The molecule has 0 saturated carbocycles. The second-order valence-electron chi connectivity index (χ2n) is 6.56. The first-order valence-corrected chi connectivity index (χ1v) is 8.05. The first kappa shape index (κ1) is 19.1. The Hall–Kier alpha value is -1.91. The van der Waals surface area contributed by atoms with Crippen molar-refractivity contribution in [3.63, 3.8) is 0 Å². The van der Waals surface area contributed by atoms with Crippen molar-refractivity contribution in [1.29, 1.82) is 0 Å². The lowest BCUT2D eigenvalue weighted by atomic mass is 10.1. The topological polar surface area (TPSA) is 49.4 Å². The Kier molecular flexibility index (Phi) is 7.20. The Bertz CT molecular complexity index is 526. The lowest BCUT2D eigenvalue weighted by molar-refractivity contribution is -0.143. The summed E-state index contributed by atoms with van der Waals surface area (Å²) in [5.74, 6) is -0.456. The summed E-state index contributed by atoms with van der Waals surface area (Å²) in [4.78, 5) is 26.3. The van der Waals surface area contributed by atoms with Crippen LogP contribution in [0.5, 0.6) is 0 Å². The lowest BCUT2D eigenvalue weighted by Crippen LogP contribution is -2.49. The average molecular weight is 322 g/mol. The zero-order chi connectivity index (χ0) is 17.6. The van der Waals surface area contributed by atoms with Gasteiger partial charge >= 0.3 is 0 Å². The standard InChI is InChI=1S/C18H27FN2O2/c1-12(2)10-20-17(22)14(5)21(18(23)13(3)4)11-15-6-8-16(19)9-7-15/h6-9,12-14H,10-11H2,1-5H3,(H,20,22)/t14-/m1/s1. The Balaban J connectivity index is 2.89. The molecule has 1 aromatic carbocycles. The maximum Gasteiger partial charge on any atom is 0.242 e. The number of rotatable bonds is 7. The highest BCUT2D eigenvalue weighted by molar-refractivity contribution is 5.88. The summed E-state index contributed by atoms with van der Waals surface area (Å²) >= 11 is 0. The van der Waals surface area contributed by atoms with Gasteiger partial charge in [0.2, 0.25) is 11.8 Å². The van der Waals surface area contributed by atoms with Crippen LogP contribution < -0.4 is 5.32 Å². The molecule has 23 heavy (non-hydrogen) atoms. The molecule has 0 aliphatic heterocycles. The van der Waals surface area contributed by atoms with E-state index in [0.29, 0.717) is 12.5 Å². The van der Waals surface area contributed by atoms with Crippen molar-refractivity contribution in [2.24, 2.45) is 11.8 Å². The molecule has 0 aliphatic rings. The SMILES string of the molecule is CC(C)CNC(=O)[C@@H](C)N(Cc1ccc(F)cc1)C(=O)C(C)C. The van der Waals surface area contributed by atoms with Crippen LogP contribution in [0.15, 0.2) is 24.3 Å². The van der Waals surface area contributed by atoms with E-state index >= 15 is 0 Å². The first-order valence-electron chi connectivity index (χ1n) is 8.05. The summed E-state index contributed by atoms with van der Waals surface area (Å²) in [5.41, 5.74) is 0.795. The molecular weight excluding hydrogens is 295 g/mol. The maximum absolute atomic E-state index is 13.0. The predicted molar refractivity (Wildman–Crippen MR) is 89.1 cm³/mol. The first-order chi connectivity index (χ1) is 10.7. The number of hydrogen-bond acceptors (Lipinski definition) is 2. The maximum atomic E-state index is 13.0. The molecule has 2 amide bonds. The predicted octanol–water partition coefficient (Wildman–Crippen LogP) is 2.97. The molecule has 0 unspecified atom stereocenters. The van der Waals surface area contributed by atoms with Gasteiger partial charge in [0, 0.05) is 19.0 Å². The number of benzene rings is 1. The third-order valence-corrected chi connectivity index (χ3v) is 3.57. The van der Waals surface area contributed by atoms with Gasteiger partial charge in [0.05, 0.1) is 0 Å². The third kappa shape index (κ3) is 6.00. The van der Waals surface area contributed by atoms with Crippen LogP contribution in [0.1, 0.15) is 40.2 Å². The number of halogens is 1. The van der Waals surface area contributed by atoms with E-state index in [1.807, 2.05) is 13.8 Å². The lowest BCUT2D eigenvalue weighted by Gasteiger charge is -2.30. The molecule has 0 fully saturated rings. The Labute approximate surface area is 138 Å². The number of carbonyl (C=O) groups is 2. The van der Waals surface area contributed by atoms with Gasteiger partial charge in [0.1, 0.15) is 11.9 Å². The van der Waals surface area contributed by atoms with E-state index in [1.165, 1.54) is 12.1 Å². The van der Waals surface area contributed by atoms with Gasteiger partial charge < -0.3 is 10.2 Å². The van der Waals surface area contributed by atoms with Crippen LogP contribution in [0, 0.1) is 17.7 Å². The quantitative estimate of drug-likeness (QED) is 0.839. The Morgan fingerprint density at radius 2 is 1.65 bits per heavy atom. The number of nitrogens with one attached hydrogen (secondary N) is 1. The van der Waals surface area contributed by atoms with Gasteiger partial charge in [-0.2, -0.15) is 0 Å². The highest BCUT2D eigenvalue weighted by atomic mass is 19.1. The van der Waals surface area contributed by atoms with Crippen LogP contribution in [0.4, 0.5) is 4.39 Å². The fourth-order valence-corrected chi connectivity index (χ4v) is 2.12. The molecule has 1 N–H and O–H groups in total. The summed E-state index contributed by atoms with van der Waals surface area (Å²) in [5, 5.41) is 2.86.